The van der Waals surface area contributed by atoms with Gasteiger partial charge in [0.05, 0.1) is 7.11 Å². The number of hydrogen-bond donors (Lipinski definition) is 1. The van der Waals surface area contributed by atoms with Gasteiger partial charge in [0.25, 0.3) is 0 Å². The minimum Gasteiger partial charge on any atom is -0.497 e. The van der Waals surface area contributed by atoms with Crippen LogP contribution in [0.2, 0.25) is 0 Å². The topological polar surface area (TPSA) is 44.8 Å². The maximum absolute atomic E-state index is 13.1. The second-order valence-electron chi connectivity index (χ2n) is 8.30. The molecule has 0 spiro atoms. The number of likely N-dealkylation sites (tertiary alicyclic amines) is 1. The summed E-state index contributed by atoms with van der Waals surface area (Å²) in [6, 6.07) is 16.5. The third kappa shape index (κ3) is 6.49. The first-order chi connectivity index (χ1) is 14.5. The van der Waals surface area contributed by atoms with Gasteiger partial charge < -0.3 is 19.9 Å². The first-order valence-corrected chi connectivity index (χ1v) is 11.0. The normalized spacial score (nSPS) is 16.8. The van der Waals surface area contributed by atoms with Gasteiger partial charge in [-0.25, -0.2) is 4.79 Å². The number of hydrogen-bond acceptors (Lipinski definition) is 3. The molecule has 0 aromatic heterocycles. The Morgan fingerprint density at radius 1 is 1.13 bits per heavy atom. The van der Waals surface area contributed by atoms with E-state index in [-0.39, 0.29) is 6.03 Å². The number of nitrogens with one attached hydrogen (secondary N) is 1. The Labute approximate surface area is 181 Å². The monoisotopic (exact) mass is 409 g/mol. The van der Waals surface area contributed by atoms with Crippen LogP contribution in [-0.4, -0.2) is 48.6 Å². The molecule has 2 aromatic rings. The van der Waals surface area contributed by atoms with Crippen LogP contribution < -0.4 is 10.1 Å². The van der Waals surface area contributed by atoms with Gasteiger partial charge in [0.15, 0.2) is 0 Å². The molecule has 3 rings (SSSR count). The highest BCUT2D eigenvalue weighted by Crippen LogP contribution is 2.18. The number of anilines is 1. The fourth-order valence-corrected chi connectivity index (χ4v) is 4.00. The summed E-state index contributed by atoms with van der Waals surface area (Å²) in [4.78, 5) is 17.5. The number of benzene rings is 2. The van der Waals surface area contributed by atoms with Crippen LogP contribution in [0.5, 0.6) is 5.75 Å². The first kappa shape index (κ1) is 22.2. The second-order valence-corrected chi connectivity index (χ2v) is 8.30. The minimum atomic E-state index is -0.0626. The van der Waals surface area contributed by atoms with Crippen LogP contribution in [0.3, 0.4) is 0 Å². The molecule has 30 heavy (non-hydrogen) atoms. The quantitative estimate of drug-likeness (QED) is 0.643. The van der Waals surface area contributed by atoms with Crippen LogP contribution in [0.15, 0.2) is 48.5 Å². The third-order valence-electron chi connectivity index (χ3n) is 5.94. The molecule has 1 heterocycles. The molecule has 1 fully saturated rings. The molecule has 0 bridgehead atoms. The number of carbonyl (C=O) groups excluding carboxylic acids is 1. The second kappa shape index (κ2) is 11.0. The fraction of sp³-hybridized carbons (Fsp3) is 0.480. The lowest BCUT2D eigenvalue weighted by atomic mass is 10.0. The van der Waals surface area contributed by atoms with Gasteiger partial charge in [-0.3, -0.25) is 0 Å². The molecular weight excluding hydrogens is 374 g/mol. The maximum atomic E-state index is 13.1. The lowest BCUT2D eigenvalue weighted by molar-refractivity contribution is 0.150. The smallest absolute Gasteiger partial charge is 0.322 e. The summed E-state index contributed by atoms with van der Waals surface area (Å²) < 4.78 is 5.20. The van der Waals surface area contributed by atoms with E-state index in [9.17, 15) is 4.79 Å². The lowest BCUT2D eigenvalue weighted by Gasteiger charge is -2.34. The first-order valence-electron chi connectivity index (χ1n) is 11.0. The molecule has 1 atom stereocenters. The van der Waals surface area contributed by atoms with E-state index in [1.54, 1.807) is 7.11 Å². The van der Waals surface area contributed by atoms with Crippen molar-refractivity contribution in [2.45, 2.75) is 52.1 Å². The van der Waals surface area contributed by atoms with Crippen LogP contribution in [0.1, 0.15) is 43.7 Å². The van der Waals surface area contributed by atoms with Gasteiger partial charge in [-0.05, 0) is 69.5 Å². The zero-order valence-electron chi connectivity index (χ0n) is 18.6. The molecule has 1 saturated heterocycles. The van der Waals surface area contributed by atoms with E-state index in [1.165, 1.54) is 31.4 Å². The standard InChI is InChI=1S/C25H35N3O2/c1-20-8-10-22(11-9-20)19-28(18-6-17-27-16-5-4-7-21(27)2)25(29)26-23-12-14-24(30-3)15-13-23/h8-15,21H,4-7,16-19H2,1-3H3,(H,26,29). The van der Waals surface area contributed by atoms with E-state index in [0.717, 1.165) is 36.5 Å². The highest BCUT2D eigenvalue weighted by Gasteiger charge is 2.19. The molecule has 162 valence electrons. The van der Waals surface area contributed by atoms with Crippen molar-refractivity contribution in [2.75, 3.05) is 32.1 Å². The van der Waals surface area contributed by atoms with Crippen molar-refractivity contribution in [1.29, 1.82) is 0 Å². The number of methoxy groups -OCH3 is 1. The molecular formula is C25H35N3O2. The number of urea groups is 1. The van der Waals surface area contributed by atoms with Gasteiger partial charge in [-0.1, -0.05) is 36.2 Å². The molecule has 0 saturated carbocycles. The van der Waals surface area contributed by atoms with Crippen molar-refractivity contribution in [3.63, 3.8) is 0 Å². The Morgan fingerprint density at radius 2 is 1.87 bits per heavy atom. The van der Waals surface area contributed by atoms with Crippen LogP contribution >= 0.6 is 0 Å². The molecule has 1 aliphatic rings. The van der Waals surface area contributed by atoms with Gasteiger partial charge in [0, 0.05) is 31.4 Å². The van der Waals surface area contributed by atoms with E-state index < -0.39 is 0 Å². The van der Waals surface area contributed by atoms with Crippen LogP contribution in [-0.2, 0) is 6.54 Å². The maximum Gasteiger partial charge on any atom is 0.322 e. The number of piperidine rings is 1. The number of ether oxygens (including phenoxy) is 1. The SMILES string of the molecule is COc1ccc(NC(=O)N(CCCN2CCCCC2C)Cc2ccc(C)cc2)cc1. The van der Waals surface area contributed by atoms with Gasteiger partial charge in [-0.15, -0.1) is 0 Å². The highest BCUT2D eigenvalue weighted by atomic mass is 16.5. The predicted molar refractivity (Wildman–Crippen MR) is 123 cm³/mol. The Hall–Kier alpha value is -2.53. The van der Waals surface area contributed by atoms with Crippen LogP contribution in [0.25, 0.3) is 0 Å². The number of aryl methyl sites for hydroxylation is 1. The Bertz CT molecular complexity index is 789. The Morgan fingerprint density at radius 3 is 2.53 bits per heavy atom. The summed E-state index contributed by atoms with van der Waals surface area (Å²) in [6.07, 6.45) is 4.88. The summed E-state index contributed by atoms with van der Waals surface area (Å²) in [5.74, 6) is 0.778. The zero-order chi connectivity index (χ0) is 21.3. The largest absolute Gasteiger partial charge is 0.497 e. The summed E-state index contributed by atoms with van der Waals surface area (Å²) in [7, 11) is 1.64. The Kier molecular flexibility index (Phi) is 8.14. The van der Waals surface area contributed by atoms with E-state index in [4.69, 9.17) is 4.74 Å². The van der Waals surface area contributed by atoms with E-state index in [2.05, 4.69) is 48.3 Å². The van der Waals surface area contributed by atoms with Crippen molar-refractivity contribution >= 4 is 11.7 Å². The number of carbonyl (C=O) groups is 1. The fourth-order valence-electron chi connectivity index (χ4n) is 4.00. The van der Waals surface area contributed by atoms with Crippen LogP contribution in [0.4, 0.5) is 10.5 Å². The zero-order valence-corrected chi connectivity index (χ0v) is 18.6. The van der Waals surface area contributed by atoms with Crippen molar-refractivity contribution < 1.29 is 9.53 Å². The third-order valence-corrected chi connectivity index (χ3v) is 5.94. The van der Waals surface area contributed by atoms with Gasteiger partial charge in [0.1, 0.15) is 5.75 Å². The minimum absolute atomic E-state index is 0.0626. The molecule has 2 amide bonds. The van der Waals surface area contributed by atoms with Crippen molar-refractivity contribution in [1.82, 2.24) is 9.80 Å². The van der Waals surface area contributed by atoms with Crippen LogP contribution in [0, 0.1) is 6.92 Å². The van der Waals surface area contributed by atoms with E-state index in [0.29, 0.717) is 12.6 Å². The van der Waals surface area contributed by atoms with E-state index >= 15 is 0 Å². The summed E-state index contributed by atoms with van der Waals surface area (Å²) >= 11 is 0. The molecule has 0 radical (unpaired) electrons. The van der Waals surface area contributed by atoms with Gasteiger partial charge in [0.2, 0.25) is 0 Å². The molecule has 5 nitrogen and oxygen atoms in total. The molecule has 1 aliphatic heterocycles. The summed E-state index contributed by atoms with van der Waals surface area (Å²) in [5.41, 5.74) is 3.16. The summed E-state index contributed by atoms with van der Waals surface area (Å²) in [5, 5.41) is 3.04. The van der Waals surface area contributed by atoms with Gasteiger partial charge in [-0.2, -0.15) is 0 Å². The average molecular weight is 410 g/mol. The molecule has 1 N–H and O–H groups in total. The van der Waals surface area contributed by atoms with E-state index in [1.807, 2.05) is 29.2 Å². The Balaban J connectivity index is 1.62. The average Bonchev–Trinajstić information content (AvgIpc) is 2.76. The summed E-state index contributed by atoms with van der Waals surface area (Å²) in [6.45, 7) is 7.97. The van der Waals surface area contributed by atoms with Gasteiger partial charge >= 0.3 is 6.03 Å². The lowest BCUT2D eigenvalue weighted by Crippen LogP contribution is -2.40. The molecule has 0 aliphatic carbocycles. The predicted octanol–water partition coefficient (Wildman–Crippen LogP) is 5.30. The molecule has 5 heteroatoms. The number of nitrogens with zero attached hydrogens (tertiary/aromatic N) is 2. The number of amides is 2. The van der Waals surface area contributed by atoms with Crippen molar-refractivity contribution in [2.24, 2.45) is 0 Å². The molecule has 2 aromatic carbocycles. The van der Waals surface area contributed by atoms with Crippen molar-refractivity contribution in [3.05, 3.63) is 59.7 Å². The number of rotatable bonds is 8. The highest BCUT2D eigenvalue weighted by molar-refractivity contribution is 5.89. The van der Waals surface area contributed by atoms with Crippen molar-refractivity contribution in [3.8, 4) is 5.75 Å². The molecule has 1 unspecified atom stereocenters.